The lowest BCUT2D eigenvalue weighted by Gasteiger charge is -2.53. The molecule has 0 radical (unpaired) electrons. The molecular weight excluding hydrogens is 230 g/mol. The average Bonchev–Trinajstić information content (AvgIpc) is 2.28. The molecule has 3 unspecified atom stereocenters. The van der Waals surface area contributed by atoms with Crippen LogP contribution in [0.2, 0.25) is 0 Å². The van der Waals surface area contributed by atoms with Gasteiger partial charge >= 0.3 is 0 Å². The highest BCUT2D eigenvalue weighted by molar-refractivity contribution is 5.27. The normalized spacial score (nSPS) is 33.7. The molecule has 0 spiro atoms. The van der Waals surface area contributed by atoms with Gasteiger partial charge < -0.3 is 0 Å². The van der Waals surface area contributed by atoms with E-state index < -0.39 is 0 Å². The molecule has 2 saturated carbocycles. The van der Waals surface area contributed by atoms with E-state index in [-0.39, 0.29) is 0 Å². The molecule has 4 atom stereocenters. The van der Waals surface area contributed by atoms with E-state index in [1.807, 2.05) is 6.20 Å². The van der Waals surface area contributed by atoms with Crippen LogP contribution in [0.5, 0.6) is 0 Å². The van der Waals surface area contributed by atoms with E-state index in [0.717, 1.165) is 35.5 Å². The van der Waals surface area contributed by atoms with Crippen LogP contribution < -0.4 is 0 Å². The van der Waals surface area contributed by atoms with Gasteiger partial charge in [-0.05, 0) is 62.0 Å². The van der Waals surface area contributed by atoms with Crippen molar-refractivity contribution in [3.8, 4) is 0 Å². The molecule has 0 heterocycles. The van der Waals surface area contributed by atoms with Gasteiger partial charge in [0.2, 0.25) is 0 Å². The Balaban J connectivity index is 1.98. The van der Waals surface area contributed by atoms with E-state index in [2.05, 4.69) is 39.4 Å². The van der Waals surface area contributed by atoms with Crippen LogP contribution in [0.4, 0.5) is 0 Å². The van der Waals surface area contributed by atoms with Crippen LogP contribution in [0.15, 0.2) is 16.8 Å². The first-order valence-corrected chi connectivity index (χ1v) is 8.17. The summed E-state index contributed by atoms with van der Waals surface area (Å²) in [6.45, 7) is 13.0. The second kappa shape index (κ2) is 6.24. The fraction of sp³-hybridized carbons (Fsp3) is 0.833. The lowest BCUT2D eigenvalue weighted by Crippen LogP contribution is -2.45. The first-order valence-electron chi connectivity index (χ1n) is 8.17. The van der Waals surface area contributed by atoms with Gasteiger partial charge in [0, 0.05) is 6.20 Å². The molecule has 2 rings (SSSR count). The van der Waals surface area contributed by atoms with Crippen molar-refractivity contribution in [1.82, 2.24) is 0 Å². The van der Waals surface area contributed by atoms with E-state index in [0.29, 0.717) is 0 Å². The summed E-state index contributed by atoms with van der Waals surface area (Å²) in [4.78, 5) is 3.98. The van der Waals surface area contributed by atoms with Gasteiger partial charge in [0.15, 0.2) is 0 Å². The minimum absolute atomic E-state index is 0.806. The van der Waals surface area contributed by atoms with Crippen LogP contribution in [-0.4, -0.2) is 6.72 Å². The minimum Gasteiger partial charge on any atom is -0.273 e. The van der Waals surface area contributed by atoms with Crippen molar-refractivity contribution in [1.29, 1.82) is 0 Å². The minimum atomic E-state index is 0.806. The Hall–Kier alpha value is -0.590. The monoisotopic (exact) mass is 261 g/mol. The summed E-state index contributed by atoms with van der Waals surface area (Å²) in [5, 5.41) is 0. The highest BCUT2D eigenvalue weighted by Crippen LogP contribution is 2.55. The van der Waals surface area contributed by atoms with Crippen molar-refractivity contribution in [3.05, 3.63) is 11.8 Å². The molecule has 0 bridgehead atoms. The van der Waals surface area contributed by atoms with Crippen LogP contribution in [-0.2, 0) is 0 Å². The molecule has 2 aliphatic rings. The van der Waals surface area contributed by atoms with Crippen molar-refractivity contribution in [2.24, 2.45) is 40.5 Å². The second-order valence-corrected chi connectivity index (χ2v) is 7.38. The lowest BCUT2D eigenvalue weighted by atomic mass is 9.52. The molecule has 0 amide bonds. The number of aliphatic imine (C=N–C) groups is 1. The summed E-state index contributed by atoms with van der Waals surface area (Å²) in [5.41, 5.74) is 1.47. The fourth-order valence-corrected chi connectivity index (χ4v) is 4.04. The van der Waals surface area contributed by atoms with Crippen molar-refractivity contribution >= 4 is 6.72 Å². The molecule has 0 N–H and O–H groups in total. The summed E-state index contributed by atoms with van der Waals surface area (Å²) in [6, 6.07) is 0. The van der Waals surface area contributed by atoms with Gasteiger partial charge in [-0.1, -0.05) is 45.6 Å². The van der Waals surface area contributed by atoms with Crippen LogP contribution in [0, 0.1) is 35.5 Å². The molecule has 2 fully saturated rings. The van der Waals surface area contributed by atoms with E-state index in [1.54, 1.807) is 0 Å². The smallest absolute Gasteiger partial charge is 0.0252 e. The Bertz CT molecular complexity index is 338. The first kappa shape index (κ1) is 14.8. The molecule has 19 heavy (non-hydrogen) atoms. The molecule has 1 nitrogen and oxygen atoms in total. The first-order chi connectivity index (χ1) is 9.04. The quantitative estimate of drug-likeness (QED) is 0.573. The SMILES string of the molecule is C=N/C=C(\C)C1CC(CC(C)C(C)C)[C@H]1C1CCC1. The molecular formula is C18H31N. The zero-order valence-electron chi connectivity index (χ0n) is 13.2. The maximum Gasteiger partial charge on any atom is 0.0252 e. The Morgan fingerprint density at radius 1 is 1.32 bits per heavy atom. The predicted molar refractivity (Wildman–Crippen MR) is 84.4 cm³/mol. The van der Waals surface area contributed by atoms with Crippen molar-refractivity contribution in [3.63, 3.8) is 0 Å². The Kier molecular flexibility index (Phi) is 4.86. The van der Waals surface area contributed by atoms with Gasteiger partial charge in [-0.2, -0.15) is 0 Å². The van der Waals surface area contributed by atoms with Gasteiger partial charge in [-0.15, -0.1) is 0 Å². The zero-order chi connectivity index (χ0) is 14.0. The molecule has 0 aromatic heterocycles. The highest BCUT2D eigenvalue weighted by Gasteiger charge is 2.47. The fourth-order valence-electron chi connectivity index (χ4n) is 4.04. The van der Waals surface area contributed by atoms with Crippen molar-refractivity contribution in [2.45, 2.75) is 59.8 Å². The number of hydrogen-bond donors (Lipinski definition) is 0. The summed E-state index contributed by atoms with van der Waals surface area (Å²) >= 11 is 0. The molecule has 2 aliphatic carbocycles. The van der Waals surface area contributed by atoms with Gasteiger partial charge in [0.1, 0.15) is 0 Å². The van der Waals surface area contributed by atoms with E-state index >= 15 is 0 Å². The van der Waals surface area contributed by atoms with Crippen LogP contribution in [0.25, 0.3) is 0 Å². The number of hydrogen-bond acceptors (Lipinski definition) is 1. The maximum atomic E-state index is 3.98. The predicted octanol–water partition coefficient (Wildman–Crippen LogP) is 5.33. The summed E-state index contributed by atoms with van der Waals surface area (Å²) in [7, 11) is 0. The Morgan fingerprint density at radius 2 is 2.00 bits per heavy atom. The van der Waals surface area contributed by atoms with Crippen LogP contribution in [0.3, 0.4) is 0 Å². The molecule has 0 aromatic rings. The van der Waals surface area contributed by atoms with Gasteiger partial charge in [0.25, 0.3) is 0 Å². The number of nitrogens with zero attached hydrogens (tertiary/aromatic N) is 1. The van der Waals surface area contributed by atoms with E-state index in [1.165, 1.54) is 37.7 Å². The van der Waals surface area contributed by atoms with Gasteiger partial charge in [0.05, 0.1) is 0 Å². The molecule has 0 aliphatic heterocycles. The van der Waals surface area contributed by atoms with Crippen LogP contribution >= 0.6 is 0 Å². The molecule has 0 aromatic carbocycles. The summed E-state index contributed by atoms with van der Waals surface area (Å²) in [5.74, 6) is 5.44. The van der Waals surface area contributed by atoms with Crippen molar-refractivity contribution < 1.29 is 0 Å². The van der Waals surface area contributed by atoms with Gasteiger partial charge in [-0.3, -0.25) is 4.99 Å². The molecule has 0 saturated heterocycles. The highest BCUT2D eigenvalue weighted by atomic mass is 14.6. The average molecular weight is 261 g/mol. The number of allylic oxidation sites excluding steroid dienone is 1. The lowest BCUT2D eigenvalue weighted by molar-refractivity contribution is -0.0106. The summed E-state index contributed by atoms with van der Waals surface area (Å²) in [6.07, 6.45) is 9.24. The Labute approximate surface area is 119 Å². The van der Waals surface area contributed by atoms with Crippen molar-refractivity contribution in [2.75, 3.05) is 0 Å². The third kappa shape index (κ3) is 3.12. The summed E-state index contributed by atoms with van der Waals surface area (Å²) < 4.78 is 0. The second-order valence-electron chi connectivity index (χ2n) is 7.38. The van der Waals surface area contributed by atoms with Crippen LogP contribution in [0.1, 0.15) is 59.8 Å². The molecule has 108 valence electrons. The zero-order valence-corrected chi connectivity index (χ0v) is 13.2. The largest absolute Gasteiger partial charge is 0.273 e. The maximum absolute atomic E-state index is 3.98. The third-order valence-electron chi connectivity index (χ3n) is 5.95. The van der Waals surface area contributed by atoms with E-state index in [9.17, 15) is 0 Å². The van der Waals surface area contributed by atoms with Gasteiger partial charge in [-0.25, -0.2) is 0 Å². The third-order valence-corrected chi connectivity index (χ3v) is 5.95. The van der Waals surface area contributed by atoms with E-state index in [4.69, 9.17) is 0 Å². The molecule has 1 heteroatoms. The Morgan fingerprint density at radius 3 is 2.47 bits per heavy atom. The standard InChI is InChI=1S/C18H31N/c1-12(2)13(3)9-16-10-17(14(4)11-19-5)18(16)15-7-6-8-15/h11-13,15-18H,5-10H2,1-4H3/b14-11+/t13?,16?,17?,18-/m1/s1. The number of rotatable bonds is 6. The topological polar surface area (TPSA) is 12.4 Å².